The minimum Gasteiger partial charge on any atom is -0.497 e. The molecule has 2 aromatic carbocycles. The highest BCUT2D eigenvalue weighted by atomic mass is 16.5. The minimum atomic E-state index is -0.00784. The van der Waals surface area contributed by atoms with E-state index in [1.807, 2.05) is 54.3 Å². The van der Waals surface area contributed by atoms with Crippen LogP contribution in [0.1, 0.15) is 35.8 Å². The van der Waals surface area contributed by atoms with Gasteiger partial charge in [-0.05, 0) is 56.2 Å². The number of benzene rings is 2. The SMILES string of the molecule is CCOc1ccc2cc(C(=O)N(Cc3cc(OC)ccc3OC)C3CC3)[nH]c2c1. The average Bonchev–Trinajstić information content (AvgIpc) is 3.49. The maximum atomic E-state index is 13.4. The van der Waals surface area contributed by atoms with E-state index in [9.17, 15) is 4.79 Å². The summed E-state index contributed by atoms with van der Waals surface area (Å²) in [5.41, 5.74) is 2.42. The molecule has 152 valence electrons. The van der Waals surface area contributed by atoms with Crippen molar-refractivity contribution in [3.05, 3.63) is 53.7 Å². The van der Waals surface area contributed by atoms with E-state index in [1.54, 1.807) is 14.2 Å². The van der Waals surface area contributed by atoms with Crippen LogP contribution in [0.4, 0.5) is 0 Å². The summed E-state index contributed by atoms with van der Waals surface area (Å²) in [5, 5.41) is 0.992. The molecular formula is C23H26N2O4. The number of amides is 1. The molecule has 0 saturated heterocycles. The Hall–Kier alpha value is -3.15. The maximum Gasteiger partial charge on any atom is 0.270 e. The molecule has 1 aliphatic rings. The number of rotatable bonds is 8. The second kappa shape index (κ2) is 8.07. The van der Waals surface area contributed by atoms with Gasteiger partial charge in [0.2, 0.25) is 0 Å². The minimum absolute atomic E-state index is 0.00784. The standard InChI is InChI=1S/C23H26N2O4/c1-4-29-19-8-5-15-12-21(24-20(15)13-19)23(26)25(17-6-7-17)14-16-11-18(27-2)9-10-22(16)28-3/h5,8-13,17,24H,4,6-7,14H2,1-3H3. The fourth-order valence-electron chi connectivity index (χ4n) is 3.57. The van der Waals surface area contributed by atoms with Crippen LogP contribution in [-0.4, -0.2) is 42.7 Å². The fourth-order valence-corrected chi connectivity index (χ4v) is 3.57. The molecule has 4 rings (SSSR count). The number of nitrogens with one attached hydrogen (secondary N) is 1. The average molecular weight is 394 g/mol. The van der Waals surface area contributed by atoms with Crippen LogP contribution in [0.5, 0.6) is 17.2 Å². The second-order valence-corrected chi connectivity index (χ2v) is 7.21. The summed E-state index contributed by atoms with van der Waals surface area (Å²) < 4.78 is 16.4. The van der Waals surface area contributed by atoms with Crippen molar-refractivity contribution in [2.75, 3.05) is 20.8 Å². The van der Waals surface area contributed by atoms with Gasteiger partial charge in [-0.1, -0.05) is 0 Å². The number of carbonyl (C=O) groups excluding carboxylic acids is 1. The summed E-state index contributed by atoms with van der Waals surface area (Å²) in [7, 11) is 3.28. The van der Waals surface area contributed by atoms with Crippen molar-refractivity contribution < 1.29 is 19.0 Å². The zero-order valence-electron chi connectivity index (χ0n) is 17.0. The quantitative estimate of drug-likeness (QED) is 0.615. The third kappa shape index (κ3) is 4.01. The number of methoxy groups -OCH3 is 2. The first kappa shape index (κ1) is 19.2. The van der Waals surface area contributed by atoms with E-state index < -0.39 is 0 Å². The van der Waals surface area contributed by atoms with Crippen molar-refractivity contribution in [3.8, 4) is 17.2 Å². The monoisotopic (exact) mass is 394 g/mol. The lowest BCUT2D eigenvalue weighted by molar-refractivity contribution is 0.0723. The molecule has 0 atom stereocenters. The van der Waals surface area contributed by atoms with Gasteiger partial charge < -0.3 is 24.1 Å². The smallest absolute Gasteiger partial charge is 0.270 e. The highest BCUT2D eigenvalue weighted by Gasteiger charge is 2.34. The van der Waals surface area contributed by atoms with E-state index in [2.05, 4.69) is 4.98 Å². The molecular weight excluding hydrogens is 368 g/mol. The molecule has 29 heavy (non-hydrogen) atoms. The first-order valence-corrected chi connectivity index (χ1v) is 9.90. The molecule has 3 aromatic rings. The Morgan fingerprint density at radius 3 is 2.55 bits per heavy atom. The first-order valence-electron chi connectivity index (χ1n) is 9.90. The Morgan fingerprint density at radius 1 is 1.07 bits per heavy atom. The van der Waals surface area contributed by atoms with Crippen molar-refractivity contribution >= 4 is 16.8 Å². The van der Waals surface area contributed by atoms with Crippen molar-refractivity contribution in [3.63, 3.8) is 0 Å². The molecule has 1 saturated carbocycles. The number of aromatic nitrogens is 1. The second-order valence-electron chi connectivity index (χ2n) is 7.21. The number of hydrogen-bond donors (Lipinski definition) is 1. The number of nitrogens with zero attached hydrogens (tertiary/aromatic N) is 1. The predicted octanol–water partition coefficient (Wildman–Crippen LogP) is 4.39. The molecule has 0 bridgehead atoms. The summed E-state index contributed by atoms with van der Waals surface area (Å²) in [5.74, 6) is 2.29. The van der Waals surface area contributed by atoms with Crippen LogP contribution in [-0.2, 0) is 6.54 Å². The highest BCUT2D eigenvalue weighted by molar-refractivity contribution is 5.98. The molecule has 6 nitrogen and oxygen atoms in total. The van der Waals surface area contributed by atoms with Crippen LogP contribution < -0.4 is 14.2 Å². The fraction of sp³-hybridized carbons (Fsp3) is 0.348. The van der Waals surface area contributed by atoms with Crippen molar-refractivity contribution in [1.29, 1.82) is 0 Å². The summed E-state index contributed by atoms with van der Waals surface area (Å²) in [6.07, 6.45) is 2.04. The number of H-pyrrole nitrogens is 1. The van der Waals surface area contributed by atoms with Gasteiger partial charge in [0.1, 0.15) is 22.9 Å². The molecule has 1 aromatic heterocycles. The zero-order chi connectivity index (χ0) is 20.4. The molecule has 0 aliphatic heterocycles. The lowest BCUT2D eigenvalue weighted by Crippen LogP contribution is -2.33. The van der Waals surface area contributed by atoms with E-state index in [4.69, 9.17) is 14.2 Å². The molecule has 0 unspecified atom stereocenters. The molecule has 1 aliphatic carbocycles. The van der Waals surface area contributed by atoms with Crippen LogP contribution >= 0.6 is 0 Å². The van der Waals surface area contributed by atoms with E-state index in [1.165, 1.54) is 0 Å². The number of ether oxygens (including phenoxy) is 3. The molecule has 0 radical (unpaired) electrons. The molecule has 1 N–H and O–H groups in total. The third-order valence-electron chi connectivity index (χ3n) is 5.21. The van der Waals surface area contributed by atoms with Gasteiger partial charge in [0.15, 0.2) is 0 Å². The van der Waals surface area contributed by atoms with Gasteiger partial charge in [-0.2, -0.15) is 0 Å². The largest absolute Gasteiger partial charge is 0.497 e. The Kier molecular flexibility index (Phi) is 5.34. The van der Waals surface area contributed by atoms with Crippen LogP contribution in [0.2, 0.25) is 0 Å². The van der Waals surface area contributed by atoms with Gasteiger partial charge in [-0.25, -0.2) is 0 Å². The first-order chi connectivity index (χ1) is 14.1. The lowest BCUT2D eigenvalue weighted by Gasteiger charge is -2.23. The summed E-state index contributed by atoms with van der Waals surface area (Å²) in [6.45, 7) is 3.04. The summed E-state index contributed by atoms with van der Waals surface area (Å²) in [6, 6.07) is 13.7. The molecule has 1 amide bonds. The Bertz CT molecular complexity index is 1020. The van der Waals surface area contributed by atoms with Gasteiger partial charge in [0, 0.05) is 28.6 Å². The van der Waals surface area contributed by atoms with Crippen LogP contribution in [0.25, 0.3) is 10.9 Å². The van der Waals surface area contributed by atoms with Crippen LogP contribution in [0.15, 0.2) is 42.5 Å². The topological polar surface area (TPSA) is 63.8 Å². The Labute approximate surface area is 170 Å². The summed E-state index contributed by atoms with van der Waals surface area (Å²) >= 11 is 0. The van der Waals surface area contributed by atoms with Crippen molar-refractivity contribution in [1.82, 2.24) is 9.88 Å². The van der Waals surface area contributed by atoms with Gasteiger partial charge >= 0.3 is 0 Å². The maximum absolute atomic E-state index is 13.4. The Morgan fingerprint density at radius 2 is 1.86 bits per heavy atom. The Balaban J connectivity index is 1.62. The molecule has 6 heteroatoms. The third-order valence-corrected chi connectivity index (χ3v) is 5.21. The number of fused-ring (bicyclic) bond motifs is 1. The molecule has 0 spiro atoms. The molecule has 1 fully saturated rings. The molecule has 1 heterocycles. The predicted molar refractivity (Wildman–Crippen MR) is 112 cm³/mol. The van der Waals surface area contributed by atoms with Gasteiger partial charge in [-0.15, -0.1) is 0 Å². The van der Waals surface area contributed by atoms with Crippen LogP contribution in [0.3, 0.4) is 0 Å². The summed E-state index contributed by atoms with van der Waals surface area (Å²) in [4.78, 5) is 18.5. The number of hydrogen-bond acceptors (Lipinski definition) is 4. The normalized spacial score (nSPS) is 13.3. The van der Waals surface area contributed by atoms with Crippen LogP contribution in [0, 0.1) is 0 Å². The van der Waals surface area contributed by atoms with Gasteiger partial charge in [0.05, 0.1) is 27.4 Å². The van der Waals surface area contributed by atoms with E-state index in [0.717, 1.165) is 46.6 Å². The van der Waals surface area contributed by atoms with E-state index in [0.29, 0.717) is 18.8 Å². The van der Waals surface area contributed by atoms with Crippen molar-refractivity contribution in [2.45, 2.75) is 32.4 Å². The highest BCUT2D eigenvalue weighted by Crippen LogP contribution is 2.33. The van der Waals surface area contributed by atoms with Crippen molar-refractivity contribution in [2.24, 2.45) is 0 Å². The lowest BCUT2D eigenvalue weighted by atomic mass is 10.1. The van der Waals surface area contributed by atoms with Gasteiger partial charge in [-0.3, -0.25) is 4.79 Å². The van der Waals surface area contributed by atoms with E-state index in [-0.39, 0.29) is 11.9 Å². The van der Waals surface area contributed by atoms with Gasteiger partial charge in [0.25, 0.3) is 5.91 Å². The number of carbonyl (C=O) groups is 1. The zero-order valence-corrected chi connectivity index (χ0v) is 17.0. The van der Waals surface area contributed by atoms with E-state index >= 15 is 0 Å². The number of aromatic amines is 1.